The predicted octanol–water partition coefficient (Wildman–Crippen LogP) is 2.79. The maximum atomic E-state index is 3.57. The van der Waals surface area contributed by atoms with Crippen LogP contribution in [0.15, 0.2) is 11.4 Å². The highest BCUT2D eigenvalue weighted by atomic mass is 32.1. The summed E-state index contributed by atoms with van der Waals surface area (Å²) in [6.45, 7) is 9.84. The summed E-state index contributed by atoms with van der Waals surface area (Å²) in [7, 11) is 0. The van der Waals surface area contributed by atoms with Crippen LogP contribution in [-0.2, 0) is 13.0 Å². The molecule has 0 spiro atoms. The van der Waals surface area contributed by atoms with Crippen LogP contribution >= 0.6 is 11.3 Å². The van der Waals surface area contributed by atoms with Crippen LogP contribution in [0.4, 0.5) is 0 Å². The van der Waals surface area contributed by atoms with Gasteiger partial charge in [-0.25, -0.2) is 0 Å². The van der Waals surface area contributed by atoms with Gasteiger partial charge in [-0.1, -0.05) is 13.8 Å². The smallest absolute Gasteiger partial charge is 0.0305 e. The predicted molar refractivity (Wildman–Crippen MR) is 73.2 cm³/mol. The van der Waals surface area contributed by atoms with Crippen LogP contribution in [0.2, 0.25) is 0 Å². The van der Waals surface area contributed by atoms with Gasteiger partial charge in [0.15, 0.2) is 0 Å². The molecule has 2 nitrogen and oxygen atoms in total. The van der Waals surface area contributed by atoms with Crippen molar-refractivity contribution >= 4 is 11.3 Å². The van der Waals surface area contributed by atoms with E-state index in [1.165, 1.54) is 16.9 Å². The van der Waals surface area contributed by atoms with Gasteiger partial charge in [-0.3, -0.25) is 0 Å². The molecule has 92 valence electrons. The number of rotatable bonds is 8. The zero-order valence-electron chi connectivity index (χ0n) is 10.7. The third-order valence-corrected chi connectivity index (χ3v) is 3.67. The maximum absolute atomic E-state index is 3.57. The first-order chi connectivity index (χ1) is 7.77. The average molecular weight is 240 g/mol. The van der Waals surface area contributed by atoms with Gasteiger partial charge in [0.25, 0.3) is 0 Å². The van der Waals surface area contributed by atoms with Gasteiger partial charge < -0.3 is 10.6 Å². The Kier molecular flexibility index (Phi) is 6.69. The molecule has 3 heteroatoms. The third-order valence-electron chi connectivity index (χ3n) is 2.71. The molecule has 1 unspecified atom stereocenters. The zero-order chi connectivity index (χ0) is 11.8. The highest BCUT2D eigenvalue weighted by Gasteiger charge is 2.04. The van der Waals surface area contributed by atoms with Crippen molar-refractivity contribution in [1.29, 1.82) is 0 Å². The molecule has 1 rings (SSSR count). The number of hydrogen-bond donors (Lipinski definition) is 2. The third kappa shape index (κ3) is 4.64. The average Bonchev–Trinajstić information content (AvgIpc) is 2.74. The minimum Gasteiger partial charge on any atom is -0.315 e. The van der Waals surface area contributed by atoms with Gasteiger partial charge in [-0.05, 0) is 43.3 Å². The van der Waals surface area contributed by atoms with E-state index in [9.17, 15) is 0 Å². The topological polar surface area (TPSA) is 24.1 Å². The SMILES string of the molecule is CCCNCC(C)NCc1sccc1CC. The van der Waals surface area contributed by atoms with E-state index >= 15 is 0 Å². The molecule has 0 radical (unpaired) electrons. The molecular weight excluding hydrogens is 216 g/mol. The monoisotopic (exact) mass is 240 g/mol. The Morgan fingerprint density at radius 3 is 2.88 bits per heavy atom. The first-order valence-corrected chi connectivity index (χ1v) is 7.15. The van der Waals surface area contributed by atoms with Crippen molar-refractivity contribution < 1.29 is 0 Å². The fraction of sp³-hybridized carbons (Fsp3) is 0.692. The summed E-state index contributed by atoms with van der Waals surface area (Å²) in [5, 5.41) is 9.19. The quantitative estimate of drug-likeness (QED) is 0.683. The second-order valence-electron chi connectivity index (χ2n) is 4.21. The van der Waals surface area contributed by atoms with Gasteiger partial charge in [-0.2, -0.15) is 0 Å². The summed E-state index contributed by atoms with van der Waals surface area (Å²) in [5.74, 6) is 0. The molecule has 0 amide bonds. The van der Waals surface area contributed by atoms with Crippen LogP contribution in [0.25, 0.3) is 0 Å². The molecule has 0 bridgehead atoms. The summed E-state index contributed by atoms with van der Waals surface area (Å²) >= 11 is 1.86. The van der Waals surface area contributed by atoms with E-state index in [0.29, 0.717) is 6.04 Å². The van der Waals surface area contributed by atoms with Crippen LogP contribution in [-0.4, -0.2) is 19.1 Å². The second kappa shape index (κ2) is 7.82. The van der Waals surface area contributed by atoms with Gasteiger partial charge in [0.2, 0.25) is 0 Å². The second-order valence-corrected chi connectivity index (χ2v) is 5.21. The summed E-state index contributed by atoms with van der Waals surface area (Å²) in [5.41, 5.74) is 1.49. The van der Waals surface area contributed by atoms with E-state index < -0.39 is 0 Å². The van der Waals surface area contributed by atoms with Crippen molar-refractivity contribution in [1.82, 2.24) is 10.6 Å². The minimum absolute atomic E-state index is 0.540. The molecule has 0 aliphatic rings. The number of nitrogens with one attached hydrogen (secondary N) is 2. The molecule has 1 heterocycles. The lowest BCUT2D eigenvalue weighted by Gasteiger charge is -2.14. The van der Waals surface area contributed by atoms with Crippen LogP contribution in [0.3, 0.4) is 0 Å². The van der Waals surface area contributed by atoms with Crippen molar-refractivity contribution in [3.63, 3.8) is 0 Å². The Morgan fingerprint density at radius 1 is 1.38 bits per heavy atom. The van der Waals surface area contributed by atoms with Gasteiger partial charge in [0, 0.05) is 24.0 Å². The largest absolute Gasteiger partial charge is 0.315 e. The van der Waals surface area contributed by atoms with E-state index in [-0.39, 0.29) is 0 Å². The fourth-order valence-electron chi connectivity index (χ4n) is 1.67. The zero-order valence-corrected chi connectivity index (χ0v) is 11.5. The Bertz CT molecular complexity index is 283. The van der Waals surface area contributed by atoms with Crippen LogP contribution in [0, 0.1) is 0 Å². The number of hydrogen-bond acceptors (Lipinski definition) is 3. The highest BCUT2D eigenvalue weighted by Crippen LogP contribution is 2.16. The molecule has 0 aliphatic carbocycles. The molecule has 0 fully saturated rings. The molecule has 1 atom stereocenters. The lowest BCUT2D eigenvalue weighted by atomic mass is 10.2. The Hall–Kier alpha value is -0.380. The number of aryl methyl sites for hydroxylation is 1. The van der Waals surface area contributed by atoms with Gasteiger partial charge in [0.1, 0.15) is 0 Å². The molecule has 0 aliphatic heterocycles. The Balaban J connectivity index is 2.23. The summed E-state index contributed by atoms with van der Waals surface area (Å²) in [4.78, 5) is 1.49. The van der Waals surface area contributed by atoms with E-state index in [4.69, 9.17) is 0 Å². The molecular formula is C13H24N2S. The Labute approximate surface area is 103 Å². The molecule has 16 heavy (non-hydrogen) atoms. The fourth-order valence-corrected chi connectivity index (χ4v) is 2.60. The van der Waals surface area contributed by atoms with Gasteiger partial charge in [0.05, 0.1) is 0 Å². The van der Waals surface area contributed by atoms with Crippen LogP contribution in [0.5, 0.6) is 0 Å². The normalized spacial score (nSPS) is 12.9. The van der Waals surface area contributed by atoms with Crippen LogP contribution < -0.4 is 10.6 Å². The van der Waals surface area contributed by atoms with Crippen molar-refractivity contribution in [3.8, 4) is 0 Å². The first kappa shape index (κ1) is 13.7. The van der Waals surface area contributed by atoms with Crippen molar-refractivity contribution in [3.05, 3.63) is 21.9 Å². The Morgan fingerprint density at radius 2 is 2.19 bits per heavy atom. The van der Waals surface area contributed by atoms with Crippen LogP contribution in [0.1, 0.15) is 37.6 Å². The van der Waals surface area contributed by atoms with E-state index in [1.807, 2.05) is 11.3 Å². The van der Waals surface area contributed by atoms with E-state index in [1.54, 1.807) is 0 Å². The van der Waals surface area contributed by atoms with Crippen molar-refractivity contribution in [2.24, 2.45) is 0 Å². The molecule has 1 aromatic heterocycles. The standard InChI is InChI=1S/C13H24N2S/c1-4-7-14-9-11(3)15-10-13-12(5-2)6-8-16-13/h6,8,11,14-15H,4-5,7,9-10H2,1-3H3. The lowest BCUT2D eigenvalue weighted by Crippen LogP contribution is -2.36. The highest BCUT2D eigenvalue weighted by molar-refractivity contribution is 7.10. The summed E-state index contributed by atoms with van der Waals surface area (Å²) in [6.07, 6.45) is 2.35. The number of thiophene rings is 1. The summed E-state index contributed by atoms with van der Waals surface area (Å²) < 4.78 is 0. The molecule has 2 N–H and O–H groups in total. The lowest BCUT2D eigenvalue weighted by molar-refractivity contribution is 0.502. The molecule has 0 aromatic carbocycles. The minimum atomic E-state index is 0.540. The van der Waals surface area contributed by atoms with Gasteiger partial charge in [-0.15, -0.1) is 11.3 Å². The van der Waals surface area contributed by atoms with E-state index in [0.717, 1.165) is 26.1 Å². The molecule has 0 saturated heterocycles. The van der Waals surface area contributed by atoms with E-state index in [2.05, 4.69) is 42.9 Å². The van der Waals surface area contributed by atoms with Crippen molar-refractivity contribution in [2.45, 2.75) is 46.2 Å². The maximum Gasteiger partial charge on any atom is 0.0305 e. The first-order valence-electron chi connectivity index (χ1n) is 6.27. The molecule has 0 saturated carbocycles. The van der Waals surface area contributed by atoms with Gasteiger partial charge >= 0.3 is 0 Å². The van der Waals surface area contributed by atoms with Crippen molar-refractivity contribution in [2.75, 3.05) is 13.1 Å². The summed E-state index contributed by atoms with van der Waals surface area (Å²) in [6, 6.07) is 2.78. The molecule has 1 aromatic rings.